The van der Waals surface area contributed by atoms with Gasteiger partial charge in [-0.25, -0.2) is 0 Å². The zero-order valence-corrected chi connectivity index (χ0v) is 15.0. The molecule has 1 heterocycles. The first-order valence-electron chi connectivity index (χ1n) is 8.62. The summed E-state index contributed by atoms with van der Waals surface area (Å²) in [5.74, 6) is 0.129. The van der Waals surface area contributed by atoms with Crippen LogP contribution in [0.15, 0.2) is 60.8 Å². The standard InChI is InChI=1S/C21H20N2O4/c1-26-17-10-8-16(9-11-17)20(24)21(25)23-13-4-14-27-18-7-2-5-15-6-3-12-22-19(15)18/h2-3,5-12H,4,13-14H2,1H3,(H,23,25). The second kappa shape index (κ2) is 8.80. The molecule has 1 amide bonds. The Morgan fingerprint density at radius 1 is 1.04 bits per heavy atom. The Hall–Kier alpha value is -3.41. The quantitative estimate of drug-likeness (QED) is 0.378. The van der Waals surface area contributed by atoms with Gasteiger partial charge in [0.15, 0.2) is 0 Å². The molecule has 0 spiro atoms. The third-order valence-electron chi connectivity index (χ3n) is 4.02. The number of hydrogen-bond acceptors (Lipinski definition) is 5. The first-order chi connectivity index (χ1) is 13.2. The number of carbonyl (C=O) groups is 2. The topological polar surface area (TPSA) is 77.5 Å². The fourth-order valence-electron chi connectivity index (χ4n) is 2.60. The molecule has 0 fully saturated rings. The minimum absolute atomic E-state index is 0.325. The summed E-state index contributed by atoms with van der Waals surface area (Å²) >= 11 is 0. The van der Waals surface area contributed by atoms with Crippen molar-refractivity contribution in [3.8, 4) is 11.5 Å². The van der Waals surface area contributed by atoms with Gasteiger partial charge in [0.1, 0.15) is 17.0 Å². The molecule has 0 aliphatic carbocycles. The summed E-state index contributed by atoms with van der Waals surface area (Å²) in [4.78, 5) is 28.4. The molecule has 0 unspecified atom stereocenters. The fourth-order valence-corrected chi connectivity index (χ4v) is 2.60. The summed E-state index contributed by atoms with van der Waals surface area (Å²) < 4.78 is 10.8. The van der Waals surface area contributed by atoms with Gasteiger partial charge in [0.25, 0.3) is 5.91 Å². The normalized spacial score (nSPS) is 10.4. The van der Waals surface area contributed by atoms with Crippen molar-refractivity contribution in [3.63, 3.8) is 0 Å². The van der Waals surface area contributed by atoms with Gasteiger partial charge >= 0.3 is 0 Å². The monoisotopic (exact) mass is 364 g/mol. The zero-order chi connectivity index (χ0) is 19.1. The number of hydrogen-bond donors (Lipinski definition) is 1. The highest BCUT2D eigenvalue weighted by atomic mass is 16.5. The van der Waals surface area contributed by atoms with Crippen molar-refractivity contribution >= 4 is 22.6 Å². The van der Waals surface area contributed by atoms with Gasteiger partial charge in [-0.2, -0.15) is 0 Å². The maximum atomic E-state index is 12.1. The molecule has 6 nitrogen and oxygen atoms in total. The Balaban J connectivity index is 1.45. The van der Waals surface area contributed by atoms with Crippen LogP contribution in [0.5, 0.6) is 11.5 Å². The van der Waals surface area contributed by atoms with Crippen molar-refractivity contribution in [1.82, 2.24) is 10.3 Å². The van der Waals surface area contributed by atoms with E-state index >= 15 is 0 Å². The Kier molecular flexibility index (Phi) is 5.99. The van der Waals surface area contributed by atoms with E-state index in [1.165, 1.54) is 0 Å². The van der Waals surface area contributed by atoms with Crippen molar-refractivity contribution in [3.05, 3.63) is 66.4 Å². The number of methoxy groups -OCH3 is 1. The fraction of sp³-hybridized carbons (Fsp3) is 0.190. The van der Waals surface area contributed by atoms with E-state index in [0.29, 0.717) is 36.6 Å². The maximum absolute atomic E-state index is 12.1. The molecule has 6 heteroatoms. The number of amides is 1. The van der Waals surface area contributed by atoms with E-state index in [4.69, 9.17) is 9.47 Å². The molecule has 0 saturated heterocycles. The van der Waals surface area contributed by atoms with E-state index in [2.05, 4.69) is 10.3 Å². The first kappa shape index (κ1) is 18.4. The number of nitrogens with zero attached hydrogens (tertiary/aromatic N) is 1. The van der Waals surface area contributed by atoms with Gasteiger partial charge in [0.2, 0.25) is 5.78 Å². The highest BCUT2D eigenvalue weighted by Gasteiger charge is 2.15. The molecule has 1 aromatic heterocycles. The number of para-hydroxylation sites is 1. The van der Waals surface area contributed by atoms with Crippen LogP contribution in [0.25, 0.3) is 10.9 Å². The van der Waals surface area contributed by atoms with Crippen molar-refractivity contribution < 1.29 is 19.1 Å². The molecule has 0 aliphatic heterocycles. The predicted octanol–water partition coefficient (Wildman–Crippen LogP) is 3.01. The summed E-state index contributed by atoms with van der Waals surface area (Å²) in [5, 5.41) is 3.63. The summed E-state index contributed by atoms with van der Waals surface area (Å²) in [6.07, 6.45) is 2.30. The van der Waals surface area contributed by atoms with Crippen LogP contribution in [-0.2, 0) is 4.79 Å². The minimum atomic E-state index is -0.632. The van der Waals surface area contributed by atoms with Gasteiger partial charge in [-0.1, -0.05) is 18.2 Å². The smallest absolute Gasteiger partial charge is 0.292 e. The lowest BCUT2D eigenvalue weighted by molar-refractivity contribution is -0.117. The third-order valence-corrected chi connectivity index (χ3v) is 4.02. The van der Waals surface area contributed by atoms with E-state index in [0.717, 1.165) is 10.9 Å². The van der Waals surface area contributed by atoms with Crippen LogP contribution in [0.1, 0.15) is 16.8 Å². The molecule has 0 bridgehead atoms. The average Bonchev–Trinajstić information content (AvgIpc) is 2.73. The average molecular weight is 364 g/mol. The second-order valence-corrected chi connectivity index (χ2v) is 5.85. The Labute approximate surface area is 157 Å². The van der Waals surface area contributed by atoms with Crippen molar-refractivity contribution in [2.24, 2.45) is 0 Å². The summed E-state index contributed by atoms with van der Waals surface area (Å²) in [6.45, 7) is 0.756. The summed E-state index contributed by atoms with van der Waals surface area (Å²) in [7, 11) is 1.54. The molecule has 3 rings (SSSR count). The van der Waals surface area contributed by atoms with E-state index < -0.39 is 11.7 Å². The number of aromatic nitrogens is 1. The van der Waals surface area contributed by atoms with Crippen LogP contribution in [-0.4, -0.2) is 36.9 Å². The number of ketones is 1. The van der Waals surface area contributed by atoms with Crippen molar-refractivity contribution in [2.75, 3.05) is 20.3 Å². The minimum Gasteiger partial charge on any atom is -0.497 e. The SMILES string of the molecule is COc1ccc(C(=O)C(=O)NCCCOc2cccc3cccnc23)cc1. The van der Waals surface area contributed by atoms with Crippen LogP contribution in [0.2, 0.25) is 0 Å². The van der Waals surface area contributed by atoms with Gasteiger partial charge in [-0.3, -0.25) is 14.6 Å². The van der Waals surface area contributed by atoms with Gasteiger partial charge in [-0.15, -0.1) is 0 Å². The number of Topliss-reactive ketones (excluding diaryl/α,β-unsaturated/α-hetero) is 1. The molecule has 0 atom stereocenters. The highest BCUT2D eigenvalue weighted by Crippen LogP contribution is 2.22. The van der Waals surface area contributed by atoms with E-state index in [9.17, 15) is 9.59 Å². The number of benzene rings is 2. The number of carbonyl (C=O) groups excluding carboxylic acids is 2. The number of fused-ring (bicyclic) bond motifs is 1. The zero-order valence-electron chi connectivity index (χ0n) is 15.0. The number of ether oxygens (including phenoxy) is 2. The maximum Gasteiger partial charge on any atom is 0.292 e. The Bertz CT molecular complexity index is 933. The summed E-state index contributed by atoms with van der Waals surface area (Å²) in [6, 6.07) is 16.0. The molecule has 0 aliphatic rings. The van der Waals surface area contributed by atoms with Gasteiger partial charge < -0.3 is 14.8 Å². The molecule has 0 saturated carbocycles. The van der Waals surface area contributed by atoms with Crippen molar-refractivity contribution in [1.29, 1.82) is 0 Å². The van der Waals surface area contributed by atoms with Crippen LogP contribution >= 0.6 is 0 Å². The molecule has 3 aromatic rings. The second-order valence-electron chi connectivity index (χ2n) is 5.85. The van der Waals surface area contributed by atoms with Crippen molar-refractivity contribution in [2.45, 2.75) is 6.42 Å². The van der Waals surface area contributed by atoms with Crippen LogP contribution < -0.4 is 14.8 Å². The Morgan fingerprint density at radius 2 is 1.81 bits per heavy atom. The lowest BCUT2D eigenvalue weighted by Crippen LogP contribution is -2.32. The predicted molar refractivity (Wildman–Crippen MR) is 102 cm³/mol. The molecule has 1 N–H and O–H groups in total. The number of rotatable bonds is 8. The first-order valence-corrected chi connectivity index (χ1v) is 8.62. The molecule has 2 aromatic carbocycles. The molecule has 27 heavy (non-hydrogen) atoms. The number of nitrogens with one attached hydrogen (secondary N) is 1. The van der Waals surface area contributed by atoms with E-state index in [1.54, 1.807) is 37.6 Å². The Morgan fingerprint density at radius 3 is 2.59 bits per heavy atom. The van der Waals surface area contributed by atoms with Crippen LogP contribution in [0, 0.1) is 0 Å². The van der Waals surface area contributed by atoms with Crippen LogP contribution in [0.3, 0.4) is 0 Å². The molecular weight excluding hydrogens is 344 g/mol. The van der Waals surface area contributed by atoms with Gasteiger partial charge in [-0.05, 0) is 42.8 Å². The molecule has 138 valence electrons. The third kappa shape index (κ3) is 4.61. The van der Waals surface area contributed by atoms with E-state index in [-0.39, 0.29) is 0 Å². The molecule has 0 radical (unpaired) electrons. The number of pyridine rings is 1. The van der Waals surface area contributed by atoms with Gasteiger partial charge in [0.05, 0.1) is 13.7 Å². The van der Waals surface area contributed by atoms with E-state index in [1.807, 2.05) is 30.3 Å². The largest absolute Gasteiger partial charge is 0.497 e. The molecular formula is C21H20N2O4. The van der Waals surface area contributed by atoms with Crippen LogP contribution in [0.4, 0.5) is 0 Å². The summed E-state index contributed by atoms with van der Waals surface area (Å²) in [5.41, 5.74) is 1.13. The lowest BCUT2D eigenvalue weighted by Gasteiger charge is -2.09. The van der Waals surface area contributed by atoms with Gasteiger partial charge in [0, 0.05) is 23.7 Å². The lowest BCUT2D eigenvalue weighted by atomic mass is 10.1. The highest BCUT2D eigenvalue weighted by molar-refractivity contribution is 6.42.